The molecule has 1 aliphatic heterocycles. The maximum atomic E-state index is 13.2. The Morgan fingerprint density at radius 1 is 1.47 bits per heavy atom. The Morgan fingerprint density at radius 2 is 2.35 bits per heavy atom. The molecule has 0 bridgehead atoms. The summed E-state index contributed by atoms with van der Waals surface area (Å²) < 4.78 is 19.2. The second-order valence-electron chi connectivity index (χ2n) is 4.36. The molecule has 4 heteroatoms. The van der Waals surface area contributed by atoms with Crippen molar-refractivity contribution in [2.75, 3.05) is 13.2 Å². The lowest BCUT2D eigenvalue weighted by atomic mass is 10.1. The van der Waals surface area contributed by atoms with Gasteiger partial charge in [-0.25, -0.2) is 4.39 Å². The second kappa shape index (κ2) is 6.36. The molecule has 1 heterocycles. The lowest BCUT2D eigenvalue weighted by Gasteiger charge is -2.10. The highest BCUT2D eigenvalue weighted by atomic mass is 79.9. The minimum absolute atomic E-state index is 0.278. The number of hydrogen-bond acceptors (Lipinski definition) is 2. The Bertz CT molecular complexity index is 366. The number of rotatable bonds is 5. The van der Waals surface area contributed by atoms with Gasteiger partial charge in [0.25, 0.3) is 0 Å². The summed E-state index contributed by atoms with van der Waals surface area (Å²) in [4.78, 5) is 0. The van der Waals surface area contributed by atoms with E-state index >= 15 is 0 Å². The first-order chi connectivity index (χ1) is 8.25. The molecule has 0 aromatic heterocycles. The topological polar surface area (TPSA) is 21.3 Å². The summed E-state index contributed by atoms with van der Waals surface area (Å²) in [6.07, 6.45) is 4.70. The van der Waals surface area contributed by atoms with E-state index in [-0.39, 0.29) is 5.82 Å². The zero-order chi connectivity index (χ0) is 12.1. The standard InChI is InChI=1S/C13H17BrFNO/c14-12-6-5-11(9-13(12)15)17-8-2-4-10-3-1-7-16-10/h5-6,9-10,16H,1-4,7-8H2. The van der Waals surface area contributed by atoms with Crippen LogP contribution in [0.25, 0.3) is 0 Å². The average Bonchev–Trinajstić information content (AvgIpc) is 2.82. The van der Waals surface area contributed by atoms with E-state index in [0.717, 1.165) is 19.4 Å². The van der Waals surface area contributed by atoms with E-state index in [1.807, 2.05) is 0 Å². The highest BCUT2D eigenvalue weighted by Gasteiger charge is 2.12. The molecule has 1 saturated heterocycles. The molecule has 1 atom stereocenters. The lowest BCUT2D eigenvalue weighted by Crippen LogP contribution is -2.21. The van der Waals surface area contributed by atoms with Crippen LogP contribution < -0.4 is 10.1 Å². The van der Waals surface area contributed by atoms with Crippen molar-refractivity contribution in [2.45, 2.75) is 31.7 Å². The van der Waals surface area contributed by atoms with Crippen molar-refractivity contribution < 1.29 is 9.13 Å². The summed E-state index contributed by atoms with van der Waals surface area (Å²) in [7, 11) is 0. The van der Waals surface area contributed by atoms with Gasteiger partial charge in [0.15, 0.2) is 0 Å². The molecule has 94 valence electrons. The second-order valence-corrected chi connectivity index (χ2v) is 5.21. The van der Waals surface area contributed by atoms with Crippen LogP contribution in [-0.4, -0.2) is 19.2 Å². The van der Waals surface area contributed by atoms with Crippen LogP contribution in [0.15, 0.2) is 22.7 Å². The van der Waals surface area contributed by atoms with Crippen LogP contribution in [0, 0.1) is 5.82 Å². The molecule has 1 aromatic carbocycles. The maximum Gasteiger partial charge on any atom is 0.141 e. The highest BCUT2D eigenvalue weighted by molar-refractivity contribution is 9.10. The van der Waals surface area contributed by atoms with Crippen molar-refractivity contribution in [3.8, 4) is 5.75 Å². The number of nitrogens with one attached hydrogen (secondary N) is 1. The minimum Gasteiger partial charge on any atom is -0.493 e. The van der Waals surface area contributed by atoms with Gasteiger partial charge in [0.05, 0.1) is 11.1 Å². The van der Waals surface area contributed by atoms with E-state index in [1.54, 1.807) is 12.1 Å². The van der Waals surface area contributed by atoms with Gasteiger partial charge in [-0.05, 0) is 60.3 Å². The molecule has 1 unspecified atom stereocenters. The SMILES string of the molecule is Fc1cc(OCCCC2CCCN2)ccc1Br. The van der Waals surface area contributed by atoms with Crippen LogP contribution in [0.1, 0.15) is 25.7 Å². The number of halogens is 2. The molecule has 0 radical (unpaired) electrons. The summed E-state index contributed by atoms with van der Waals surface area (Å²) in [5.74, 6) is 0.324. The van der Waals surface area contributed by atoms with Gasteiger partial charge < -0.3 is 10.1 Å². The summed E-state index contributed by atoms with van der Waals surface area (Å²) >= 11 is 3.12. The first kappa shape index (κ1) is 12.8. The number of hydrogen-bond donors (Lipinski definition) is 1. The molecule has 17 heavy (non-hydrogen) atoms. The molecule has 0 saturated carbocycles. The first-order valence-electron chi connectivity index (χ1n) is 6.07. The summed E-state index contributed by atoms with van der Waals surface area (Å²) in [6, 6.07) is 5.52. The van der Waals surface area contributed by atoms with Gasteiger partial charge in [0, 0.05) is 12.1 Å². The third kappa shape index (κ3) is 3.96. The molecule has 0 spiro atoms. The molecular formula is C13H17BrFNO. The van der Waals surface area contributed by atoms with Crippen LogP contribution in [0.2, 0.25) is 0 Å². The van der Waals surface area contributed by atoms with Gasteiger partial charge >= 0.3 is 0 Å². The maximum absolute atomic E-state index is 13.2. The fourth-order valence-corrected chi connectivity index (χ4v) is 2.34. The highest BCUT2D eigenvalue weighted by Crippen LogP contribution is 2.21. The Hall–Kier alpha value is -0.610. The third-order valence-corrected chi connectivity index (χ3v) is 3.66. The van der Waals surface area contributed by atoms with E-state index < -0.39 is 0 Å². The van der Waals surface area contributed by atoms with Crippen molar-refractivity contribution in [3.63, 3.8) is 0 Å². The van der Waals surface area contributed by atoms with Gasteiger partial charge in [-0.2, -0.15) is 0 Å². The molecule has 1 fully saturated rings. The van der Waals surface area contributed by atoms with E-state index in [0.29, 0.717) is 22.9 Å². The van der Waals surface area contributed by atoms with Crippen LogP contribution in [0.4, 0.5) is 4.39 Å². The molecule has 2 nitrogen and oxygen atoms in total. The van der Waals surface area contributed by atoms with Crippen LogP contribution in [0.5, 0.6) is 5.75 Å². The van der Waals surface area contributed by atoms with Crippen molar-refractivity contribution in [1.29, 1.82) is 0 Å². The fourth-order valence-electron chi connectivity index (χ4n) is 2.09. The summed E-state index contributed by atoms with van der Waals surface area (Å²) in [5, 5.41) is 3.45. The summed E-state index contributed by atoms with van der Waals surface area (Å²) in [5.41, 5.74) is 0. The van der Waals surface area contributed by atoms with Crippen molar-refractivity contribution in [3.05, 3.63) is 28.5 Å². The molecule has 0 aliphatic carbocycles. The van der Waals surface area contributed by atoms with Gasteiger partial charge in [-0.1, -0.05) is 0 Å². The predicted molar refractivity (Wildman–Crippen MR) is 69.9 cm³/mol. The number of ether oxygens (including phenoxy) is 1. The van der Waals surface area contributed by atoms with Crippen LogP contribution in [-0.2, 0) is 0 Å². The van der Waals surface area contributed by atoms with E-state index in [2.05, 4.69) is 21.2 Å². The Balaban J connectivity index is 1.68. The normalized spacial score (nSPS) is 19.5. The predicted octanol–water partition coefficient (Wildman–Crippen LogP) is 3.50. The Kier molecular flexibility index (Phi) is 4.80. The van der Waals surface area contributed by atoms with Gasteiger partial charge in [-0.3, -0.25) is 0 Å². The molecule has 2 rings (SSSR count). The van der Waals surface area contributed by atoms with E-state index in [1.165, 1.54) is 18.9 Å². The minimum atomic E-state index is -0.278. The Morgan fingerprint density at radius 3 is 3.06 bits per heavy atom. The average molecular weight is 302 g/mol. The van der Waals surface area contributed by atoms with Gasteiger partial charge in [0.2, 0.25) is 0 Å². The zero-order valence-electron chi connectivity index (χ0n) is 9.72. The quantitative estimate of drug-likeness (QED) is 0.841. The molecule has 1 aliphatic rings. The molecule has 1 N–H and O–H groups in total. The van der Waals surface area contributed by atoms with E-state index in [4.69, 9.17) is 4.74 Å². The van der Waals surface area contributed by atoms with Crippen molar-refractivity contribution >= 4 is 15.9 Å². The van der Waals surface area contributed by atoms with E-state index in [9.17, 15) is 4.39 Å². The third-order valence-electron chi connectivity index (χ3n) is 3.02. The first-order valence-corrected chi connectivity index (χ1v) is 6.86. The zero-order valence-corrected chi connectivity index (χ0v) is 11.3. The lowest BCUT2D eigenvalue weighted by molar-refractivity contribution is 0.297. The summed E-state index contributed by atoms with van der Waals surface area (Å²) in [6.45, 7) is 1.79. The van der Waals surface area contributed by atoms with Crippen LogP contribution in [0.3, 0.4) is 0 Å². The van der Waals surface area contributed by atoms with Crippen LogP contribution >= 0.6 is 15.9 Å². The van der Waals surface area contributed by atoms with Gasteiger partial charge in [0.1, 0.15) is 11.6 Å². The monoisotopic (exact) mass is 301 g/mol. The van der Waals surface area contributed by atoms with Gasteiger partial charge in [-0.15, -0.1) is 0 Å². The molecule has 1 aromatic rings. The molecule has 0 amide bonds. The molecular weight excluding hydrogens is 285 g/mol. The smallest absolute Gasteiger partial charge is 0.141 e. The van der Waals surface area contributed by atoms with Crippen molar-refractivity contribution in [1.82, 2.24) is 5.32 Å². The Labute approximate surface area is 110 Å². The number of benzene rings is 1. The largest absolute Gasteiger partial charge is 0.493 e. The fraction of sp³-hybridized carbons (Fsp3) is 0.538. The van der Waals surface area contributed by atoms with Crippen molar-refractivity contribution in [2.24, 2.45) is 0 Å².